The van der Waals surface area contributed by atoms with E-state index in [0.717, 1.165) is 11.8 Å². The Kier molecular flexibility index (Phi) is 2.99. The molecule has 2 aliphatic carbocycles. The van der Waals surface area contributed by atoms with E-state index in [9.17, 15) is 0 Å². The lowest BCUT2D eigenvalue weighted by Gasteiger charge is -2.42. The minimum atomic E-state index is 0.630. The second kappa shape index (κ2) is 4.08. The highest BCUT2D eigenvalue weighted by atomic mass is 14.4. The van der Waals surface area contributed by atoms with Crippen molar-refractivity contribution in [3.05, 3.63) is 12.2 Å². The molecule has 80 valence electrons. The second-order valence-electron chi connectivity index (χ2n) is 5.76. The fraction of sp³-hybridized carbons (Fsp3) is 0.857. The van der Waals surface area contributed by atoms with Crippen LogP contribution in [0.5, 0.6) is 0 Å². The normalized spacial score (nSPS) is 38.1. The lowest BCUT2D eigenvalue weighted by molar-refractivity contribution is 0.139. The molecule has 14 heavy (non-hydrogen) atoms. The predicted octanol–water partition coefficient (Wildman–Crippen LogP) is 4.56. The average Bonchev–Trinajstić information content (AvgIpc) is 2.19. The Morgan fingerprint density at radius 3 is 2.64 bits per heavy atom. The van der Waals surface area contributed by atoms with E-state index in [-0.39, 0.29) is 0 Å². The molecule has 0 heterocycles. The Morgan fingerprint density at radius 2 is 2.00 bits per heavy atom. The summed E-state index contributed by atoms with van der Waals surface area (Å²) < 4.78 is 0. The van der Waals surface area contributed by atoms with Crippen LogP contribution in [0, 0.1) is 17.3 Å². The Bertz CT molecular complexity index is 214. The smallest absolute Gasteiger partial charge is 0.0115 e. The fourth-order valence-electron chi connectivity index (χ4n) is 3.38. The van der Waals surface area contributed by atoms with Gasteiger partial charge in [0, 0.05) is 0 Å². The summed E-state index contributed by atoms with van der Waals surface area (Å²) in [5, 5.41) is 0. The molecule has 0 saturated heterocycles. The number of hydrogen-bond acceptors (Lipinski definition) is 0. The number of rotatable bonds is 1. The summed E-state index contributed by atoms with van der Waals surface area (Å²) >= 11 is 0. The van der Waals surface area contributed by atoms with E-state index in [0.29, 0.717) is 5.41 Å². The summed E-state index contributed by atoms with van der Waals surface area (Å²) in [6.07, 6.45) is 15.1. The predicted molar refractivity (Wildman–Crippen MR) is 62.2 cm³/mol. The molecule has 0 aliphatic heterocycles. The van der Waals surface area contributed by atoms with Crippen molar-refractivity contribution < 1.29 is 0 Å². The lowest BCUT2D eigenvalue weighted by Crippen LogP contribution is -2.30. The van der Waals surface area contributed by atoms with Crippen LogP contribution in [0.25, 0.3) is 0 Å². The van der Waals surface area contributed by atoms with Gasteiger partial charge in [0.05, 0.1) is 0 Å². The molecule has 0 nitrogen and oxygen atoms in total. The molecule has 0 aromatic heterocycles. The zero-order valence-electron chi connectivity index (χ0n) is 9.76. The van der Waals surface area contributed by atoms with Crippen LogP contribution in [0.15, 0.2) is 12.2 Å². The van der Waals surface area contributed by atoms with E-state index in [1.807, 2.05) is 0 Å². The minimum absolute atomic E-state index is 0.630. The second-order valence-corrected chi connectivity index (χ2v) is 5.76. The standard InChI is InChI=1S/C14H24/c1-12(2)13-7-6-10-14(11-13)8-4-3-5-9-14/h4,8,12-13H,3,5-7,9-11H2,1-2H3. The van der Waals surface area contributed by atoms with Crippen LogP contribution in [0.2, 0.25) is 0 Å². The molecule has 0 aromatic carbocycles. The molecule has 2 unspecified atom stereocenters. The molecule has 1 fully saturated rings. The zero-order valence-corrected chi connectivity index (χ0v) is 9.76. The van der Waals surface area contributed by atoms with E-state index in [2.05, 4.69) is 26.0 Å². The van der Waals surface area contributed by atoms with E-state index in [1.54, 1.807) is 0 Å². The molecule has 2 aliphatic rings. The van der Waals surface area contributed by atoms with Gasteiger partial charge < -0.3 is 0 Å². The first-order valence-electron chi connectivity index (χ1n) is 6.40. The third-order valence-corrected chi connectivity index (χ3v) is 4.38. The molecule has 0 bridgehead atoms. The summed E-state index contributed by atoms with van der Waals surface area (Å²) in [5.41, 5.74) is 0.630. The average molecular weight is 192 g/mol. The first kappa shape index (κ1) is 10.3. The number of allylic oxidation sites excluding steroid dienone is 2. The van der Waals surface area contributed by atoms with Crippen molar-refractivity contribution >= 4 is 0 Å². The quantitative estimate of drug-likeness (QED) is 0.534. The zero-order chi connectivity index (χ0) is 10.0. The minimum Gasteiger partial charge on any atom is -0.0880 e. The number of hydrogen-bond donors (Lipinski definition) is 0. The van der Waals surface area contributed by atoms with E-state index in [4.69, 9.17) is 0 Å². The molecular formula is C14H24. The summed E-state index contributed by atoms with van der Waals surface area (Å²) in [4.78, 5) is 0. The Morgan fingerprint density at radius 1 is 1.21 bits per heavy atom. The molecule has 2 atom stereocenters. The molecule has 0 heteroatoms. The Hall–Kier alpha value is -0.260. The fourth-order valence-corrected chi connectivity index (χ4v) is 3.38. The largest absolute Gasteiger partial charge is 0.0880 e. The van der Waals surface area contributed by atoms with Gasteiger partial charge in [-0.2, -0.15) is 0 Å². The topological polar surface area (TPSA) is 0 Å². The summed E-state index contributed by atoms with van der Waals surface area (Å²) in [7, 11) is 0. The monoisotopic (exact) mass is 192 g/mol. The highest BCUT2D eigenvalue weighted by Crippen LogP contribution is 2.47. The van der Waals surface area contributed by atoms with Crippen molar-refractivity contribution in [2.24, 2.45) is 17.3 Å². The van der Waals surface area contributed by atoms with Crippen LogP contribution in [0.1, 0.15) is 58.8 Å². The third-order valence-electron chi connectivity index (χ3n) is 4.38. The van der Waals surface area contributed by atoms with Gasteiger partial charge in [0.25, 0.3) is 0 Å². The first-order valence-corrected chi connectivity index (χ1v) is 6.40. The molecule has 1 saturated carbocycles. The van der Waals surface area contributed by atoms with Crippen LogP contribution in [-0.4, -0.2) is 0 Å². The van der Waals surface area contributed by atoms with Crippen molar-refractivity contribution in [1.29, 1.82) is 0 Å². The van der Waals surface area contributed by atoms with Gasteiger partial charge in [0.1, 0.15) is 0 Å². The van der Waals surface area contributed by atoms with Gasteiger partial charge in [-0.25, -0.2) is 0 Å². The summed E-state index contributed by atoms with van der Waals surface area (Å²) in [6.45, 7) is 4.80. The molecule has 0 aromatic rings. The molecule has 1 spiro atoms. The van der Waals surface area contributed by atoms with Crippen molar-refractivity contribution in [3.8, 4) is 0 Å². The van der Waals surface area contributed by atoms with Crippen molar-refractivity contribution in [3.63, 3.8) is 0 Å². The SMILES string of the molecule is CC(C)C1CCCC2(C=CCCC2)C1. The molecule has 2 rings (SSSR count). The molecular weight excluding hydrogens is 168 g/mol. The maximum atomic E-state index is 2.56. The molecule has 0 amide bonds. The van der Waals surface area contributed by atoms with E-state index in [1.165, 1.54) is 44.9 Å². The maximum Gasteiger partial charge on any atom is -0.0115 e. The van der Waals surface area contributed by atoms with Gasteiger partial charge in [-0.3, -0.25) is 0 Å². The van der Waals surface area contributed by atoms with Crippen LogP contribution < -0.4 is 0 Å². The van der Waals surface area contributed by atoms with Crippen molar-refractivity contribution in [1.82, 2.24) is 0 Å². The van der Waals surface area contributed by atoms with Crippen molar-refractivity contribution in [2.75, 3.05) is 0 Å². The molecule has 0 N–H and O–H groups in total. The maximum absolute atomic E-state index is 2.56. The Labute approximate surface area is 88.8 Å². The van der Waals surface area contributed by atoms with Crippen LogP contribution in [-0.2, 0) is 0 Å². The van der Waals surface area contributed by atoms with Gasteiger partial charge in [-0.1, -0.05) is 38.8 Å². The van der Waals surface area contributed by atoms with Gasteiger partial charge in [-0.15, -0.1) is 0 Å². The lowest BCUT2D eigenvalue weighted by atomic mass is 9.63. The van der Waals surface area contributed by atoms with Crippen LogP contribution >= 0.6 is 0 Å². The third kappa shape index (κ3) is 2.04. The van der Waals surface area contributed by atoms with E-state index < -0.39 is 0 Å². The van der Waals surface area contributed by atoms with Crippen LogP contribution in [0.3, 0.4) is 0 Å². The summed E-state index contributed by atoms with van der Waals surface area (Å²) in [5.74, 6) is 1.88. The highest BCUT2D eigenvalue weighted by molar-refractivity contribution is 5.05. The van der Waals surface area contributed by atoms with Gasteiger partial charge in [-0.05, 0) is 49.4 Å². The van der Waals surface area contributed by atoms with Crippen molar-refractivity contribution in [2.45, 2.75) is 58.8 Å². The Balaban J connectivity index is 2.05. The van der Waals surface area contributed by atoms with Gasteiger partial charge in [0.15, 0.2) is 0 Å². The van der Waals surface area contributed by atoms with Gasteiger partial charge >= 0.3 is 0 Å². The first-order chi connectivity index (χ1) is 6.72. The van der Waals surface area contributed by atoms with E-state index >= 15 is 0 Å². The molecule has 0 radical (unpaired) electrons. The highest BCUT2D eigenvalue weighted by Gasteiger charge is 2.35. The van der Waals surface area contributed by atoms with Crippen LogP contribution in [0.4, 0.5) is 0 Å². The summed E-state index contributed by atoms with van der Waals surface area (Å²) in [6, 6.07) is 0. The van der Waals surface area contributed by atoms with Gasteiger partial charge in [0.2, 0.25) is 0 Å².